The van der Waals surface area contributed by atoms with E-state index in [1.54, 1.807) is 0 Å². The second-order valence-electron chi connectivity index (χ2n) is 5.47. The third-order valence-corrected chi connectivity index (χ3v) is 3.67. The van der Waals surface area contributed by atoms with Gasteiger partial charge in [0.15, 0.2) is 5.96 Å². The Balaban J connectivity index is 0.00000264. The van der Waals surface area contributed by atoms with Crippen molar-refractivity contribution in [1.82, 2.24) is 5.32 Å². The minimum Gasteiger partial charge on any atom is -0.381 e. The number of nitrogens with zero attached hydrogens (tertiary/aromatic N) is 1. The van der Waals surface area contributed by atoms with E-state index in [0.717, 1.165) is 52.0 Å². The Morgan fingerprint density at radius 3 is 2.74 bits per heavy atom. The summed E-state index contributed by atoms with van der Waals surface area (Å²) in [5.41, 5.74) is 7.14. The Morgan fingerprint density at radius 1 is 1.26 bits per heavy atom. The molecule has 2 rings (SSSR count). The normalized spacial score (nSPS) is 15.9. The topological polar surface area (TPSA) is 68.9 Å². The van der Waals surface area contributed by atoms with E-state index in [2.05, 4.69) is 22.4 Å². The van der Waals surface area contributed by atoms with Gasteiger partial charge in [0, 0.05) is 32.9 Å². The van der Waals surface area contributed by atoms with Crippen LogP contribution in [0.1, 0.15) is 24.8 Å². The molecule has 1 heterocycles. The van der Waals surface area contributed by atoms with Crippen molar-refractivity contribution in [3.8, 4) is 0 Å². The first kappa shape index (κ1) is 20.2. The molecule has 1 aromatic rings. The summed E-state index contributed by atoms with van der Waals surface area (Å²) in [7, 11) is 0. The summed E-state index contributed by atoms with van der Waals surface area (Å²) in [6.45, 7) is 3.89. The van der Waals surface area contributed by atoms with Crippen LogP contribution in [0.25, 0.3) is 0 Å². The molecule has 5 nitrogen and oxygen atoms in total. The fourth-order valence-corrected chi connectivity index (χ4v) is 2.39. The molecular weight excluding hydrogens is 405 g/mol. The highest BCUT2D eigenvalue weighted by Crippen LogP contribution is 2.10. The van der Waals surface area contributed by atoms with E-state index >= 15 is 0 Å². The van der Waals surface area contributed by atoms with Crippen molar-refractivity contribution >= 4 is 29.9 Å². The van der Waals surface area contributed by atoms with Crippen molar-refractivity contribution in [2.75, 3.05) is 32.9 Å². The highest BCUT2D eigenvalue weighted by atomic mass is 127. The summed E-state index contributed by atoms with van der Waals surface area (Å²) < 4.78 is 11.1. The molecule has 0 atom stereocenters. The standard InChI is InChI=1S/C17H27N3O2.HI/c18-17(20-11-7-15-5-2-1-3-6-15)19-10-4-12-22-16-8-13-21-14-9-16;/h1-3,5-6,16H,4,7-14H2,(H3,18,19,20);1H. The van der Waals surface area contributed by atoms with E-state index in [0.29, 0.717) is 18.6 Å². The summed E-state index contributed by atoms with van der Waals surface area (Å²) in [4.78, 5) is 4.32. The van der Waals surface area contributed by atoms with Crippen molar-refractivity contribution in [3.05, 3.63) is 35.9 Å². The molecule has 0 aliphatic carbocycles. The second kappa shape index (κ2) is 12.5. The minimum absolute atomic E-state index is 0. The van der Waals surface area contributed by atoms with Crippen molar-refractivity contribution in [2.45, 2.75) is 31.8 Å². The molecule has 1 aromatic carbocycles. The molecule has 0 aromatic heterocycles. The van der Waals surface area contributed by atoms with Crippen LogP contribution in [0.2, 0.25) is 0 Å². The Bertz CT molecular complexity index is 437. The first-order valence-corrected chi connectivity index (χ1v) is 8.11. The summed E-state index contributed by atoms with van der Waals surface area (Å²) >= 11 is 0. The largest absolute Gasteiger partial charge is 0.381 e. The smallest absolute Gasteiger partial charge is 0.188 e. The van der Waals surface area contributed by atoms with Crippen LogP contribution in [0.3, 0.4) is 0 Å². The fraction of sp³-hybridized carbons (Fsp3) is 0.588. The summed E-state index contributed by atoms with van der Waals surface area (Å²) in [5, 5.41) is 3.14. The molecule has 0 spiro atoms. The van der Waals surface area contributed by atoms with Gasteiger partial charge in [-0.1, -0.05) is 30.3 Å². The SMILES string of the molecule is I.NC(=NCCCOC1CCOCC1)NCCc1ccccc1. The van der Waals surface area contributed by atoms with E-state index in [4.69, 9.17) is 15.2 Å². The summed E-state index contributed by atoms with van der Waals surface area (Å²) in [6, 6.07) is 10.3. The van der Waals surface area contributed by atoms with Gasteiger partial charge in [-0.25, -0.2) is 0 Å². The van der Waals surface area contributed by atoms with Gasteiger partial charge in [-0.3, -0.25) is 4.99 Å². The molecule has 1 saturated heterocycles. The molecule has 0 bridgehead atoms. The molecule has 0 unspecified atom stereocenters. The Hall–Kier alpha value is -0.860. The van der Waals surface area contributed by atoms with Gasteiger partial charge in [0.25, 0.3) is 0 Å². The highest BCUT2D eigenvalue weighted by molar-refractivity contribution is 14.0. The van der Waals surface area contributed by atoms with Gasteiger partial charge in [0.2, 0.25) is 0 Å². The first-order valence-electron chi connectivity index (χ1n) is 8.11. The maximum absolute atomic E-state index is 5.84. The lowest BCUT2D eigenvalue weighted by molar-refractivity contribution is -0.0318. The number of nitrogens with one attached hydrogen (secondary N) is 1. The third kappa shape index (κ3) is 9.12. The van der Waals surface area contributed by atoms with Crippen LogP contribution in [0, 0.1) is 0 Å². The number of aliphatic imine (C=N–C) groups is 1. The van der Waals surface area contributed by atoms with Crippen LogP contribution < -0.4 is 11.1 Å². The predicted octanol–water partition coefficient (Wildman–Crippen LogP) is 2.34. The molecule has 0 saturated carbocycles. The quantitative estimate of drug-likeness (QED) is 0.286. The third-order valence-electron chi connectivity index (χ3n) is 3.67. The molecule has 3 N–H and O–H groups in total. The number of nitrogens with two attached hydrogens (primary N) is 1. The van der Waals surface area contributed by atoms with Crippen molar-refractivity contribution in [2.24, 2.45) is 10.7 Å². The highest BCUT2D eigenvalue weighted by Gasteiger charge is 2.13. The van der Waals surface area contributed by atoms with E-state index in [1.165, 1.54) is 5.56 Å². The lowest BCUT2D eigenvalue weighted by Gasteiger charge is -2.22. The predicted molar refractivity (Wildman–Crippen MR) is 104 cm³/mol. The van der Waals surface area contributed by atoms with Gasteiger partial charge >= 0.3 is 0 Å². The molecular formula is C17H28IN3O2. The average Bonchev–Trinajstić information content (AvgIpc) is 2.56. The number of hydrogen-bond donors (Lipinski definition) is 2. The van der Waals surface area contributed by atoms with Gasteiger partial charge in [0.05, 0.1) is 6.10 Å². The summed E-state index contributed by atoms with van der Waals surface area (Å²) in [6.07, 6.45) is 4.22. The second-order valence-corrected chi connectivity index (χ2v) is 5.47. The van der Waals surface area contributed by atoms with Gasteiger partial charge in [0.1, 0.15) is 0 Å². The maximum atomic E-state index is 5.84. The van der Waals surface area contributed by atoms with Gasteiger partial charge in [-0.15, -0.1) is 24.0 Å². The molecule has 1 fully saturated rings. The van der Waals surface area contributed by atoms with Crippen LogP contribution >= 0.6 is 24.0 Å². The van der Waals surface area contributed by atoms with Crippen LogP contribution in [0.15, 0.2) is 35.3 Å². The van der Waals surface area contributed by atoms with Crippen molar-refractivity contribution in [1.29, 1.82) is 0 Å². The molecule has 1 aliphatic rings. The Morgan fingerprint density at radius 2 is 2.00 bits per heavy atom. The lowest BCUT2D eigenvalue weighted by Crippen LogP contribution is -2.33. The molecule has 1 aliphatic heterocycles. The molecule has 6 heteroatoms. The zero-order chi connectivity index (χ0) is 15.5. The molecule has 130 valence electrons. The lowest BCUT2D eigenvalue weighted by atomic mass is 10.1. The molecule has 0 radical (unpaired) electrons. The van der Waals surface area contributed by atoms with E-state index < -0.39 is 0 Å². The monoisotopic (exact) mass is 433 g/mol. The average molecular weight is 433 g/mol. The number of benzene rings is 1. The zero-order valence-corrected chi connectivity index (χ0v) is 15.9. The van der Waals surface area contributed by atoms with Crippen LogP contribution in [0.5, 0.6) is 0 Å². The molecule has 23 heavy (non-hydrogen) atoms. The number of hydrogen-bond acceptors (Lipinski definition) is 3. The maximum Gasteiger partial charge on any atom is 0.188 e. The Kier molecular flexibility index (Phi) is 11.0. The van der Waals surface area contributed by atoms with Crippen LogP contribution in [-0.4, -0.2) is 45.0 Å². The van der Waals surface area contributed by atoms with Gasteiger partial charge in [-0.2, -0.15) is 0 Å². The number of ether oxygens (including phenoxy) is 2. The summed E-state index contributed by atoms with van der Waals surface area (Å²) in [5.74, 6) is 0.516. The number of rotatable bonds is 8. The first-order chi connectivity index (χ1) is 10.8. The Labute approximate surface area is 156 Å². The van der Waals surface area contributed by atoms with Crippen molar-refractivity contribution < 1.29 is 9.47 Å². The number of halogens is 1. The minimum atomic E-state index is 0. The van der Waals surface area contributed by atoms with Crippen LogP contribution in [0.4, 0.5) is 0 Å². The van der Waals surface area contributed by atoms with Gasteiger partial charge < -0.3 is 20.5 Å². The van der Waals surface area contributed by atoms with Gasteiger partial charge in [-0.05, 0) is 31.2 Å². The fourth-order valence-electron chi connectivity index (χ4n) is 2.39. The van der Waals surface area contributed by atoms with E-state index in [-0.39, 0.29) is 24.0 Å². The zero-order valence-electron chi connectivity index (χ0n) is 13.6. The molecule has 0 amide bonds. The number of guanidine groups is 1. The van der Waals surface area contributed by atoms with Crippen molar-refractivity contribution in [3.63, 3.8) is 0 Å². The van der Waals surface area contributed by atoms with Crippen LogP contribution in [-0.2, 0) is 15.9 Å². The van der Waals surface area contributed by atoms with E-state index in [1.807, 2.05) is 18.2 Å². The van der Waals surface area contributed by atoms with E-state index in [9.17, 15) is 0 Å².